The molecule has 6 nitrogen and oxygen atoms in total. The third kappa shape index (κ3) is 4.75. The number of benzene rings is 3. The first-order valence-corrected chi connectivity index (χ1v) is 11.3. The first-order chi connectivity index (χ1) is 15.9. The fourth-order valence-corrected chi connectivity index (χ4v) is 4.55. The molecule has 0 bridgehead atoms. The van der Waals surface area contributed by atoms with Crippen LogP contribution in [-0.4, -0.2) is 36.6 Å². The Morgan fingerprint density at radius 2 is 1.70 bits per heavy atom. The van der Waals surface area contributed by atoms with Crippen molar-refractivity contribution in [2.45, 2.75) is 18.6 Å². The van der Waals surface area contributed by atoms with Crippen molar-refractivity contribution in [1.82, 2.24) is 5.32 Å². The number of halogens is 2. The van der Waals surface area contributed by atoms with Crippen molar-refractivity contribution < 1.29 is 14.7 Å². The van der Waals surface area contributed by atoms with Crippen LogP contribution >= 0.6 is 23.2 Å². The predicted octanol–water partition coefficient (Wildman–Crippen LogP) is 4.92. The summed E-state index contributed by atoms with van der Waals surface area (Å²) in [6, 6.07) is 18.7. The number of hydrogen-bond acceptors (Lipinski definition) is 4. The highest BCUT2D eigenvalue weighted by molar-refractivity contribution is 6.35. The first-order valence-electron chi connectivity index (χ1n) is 10.5. The smallest absolute Gasteiger partial charge is 0.259 e. The fraction of sp³-hybridized carbons (Fsp3) is 0.200. The zero-order valence-electron chi connectivity index (χ0n) is 17.9. The maximum atomic E-state index is 13.5. The molecule has 3 aromatic carbocycles. The molecule has 2 unspecified atom stereocenters. The molecular weight excluding hydrogens is 461 g/mol. The van der Waals surface area contributed by atoms with Crippen molar-refractivity contribution in [3.63, 3.8) is 0 Å². The van der Waals surface area contributed by atoms with Crippen molar-refractivity contribution in [1.29, 1.82) is 0 Å². The molecule has 2 atom stereocenters. The molecule has 1 aliphatic heterocycles. The van der Waals surface area contributed by atoms with Gasteiger partial charge < -0.3 is 20.6 Å². The lowest BCUT2D eigenvalue weighted by atomic mass is 9.99. The van der Waals surface area contributed by atoms with Crippen LogP contribution < -0.4 is 15.5 Å². The summed E-state index contributed by atoms with van der Waals surface area (Å²) < 4.78 is 0. The molecule has 0 aromatic heterocycles. The Bertz CT molecular complexity index is 1200. The number of nitrogens with zero attached hydrogens (tertiary/aromatic N) is 1. The fourth-order valence-electron chi connectivity index (χ4n) is 4.07. The lowest BCUT2D eigenvalue weighted by Crippen LogP contribution is -2.32. The zero-order chi connectivity index (χ0) is 23.5. The van der Waals surface area contributed by atoms with Crippen molar-refractivity contribution in [3.05, 3.63) is 93.5 Å². The largest absolute Gasteiger partial charge is 0.391 e. The SMILES string of the molecule is CNC1c2ccccc2N(C(=O)c2ccc(NC(=O)c3ccccc3Cl)cc2Cl)CCC1O. The van der Waals surface area contributed by atoms with Gasteiger partial charge in [0.1, 0.15) is 0 Å². The van der Waals surface area contributed by atoms with E-state index in [1.165, 1.54) is 0 Å². The number of para-hydroxylation sites is 1. The van der Waals surface area contributed by atoms with Gasteiger partial charge in [-0.1, -0.05) is 53.5 Å². The second kappa shape index (κ2) is 9.93. The average molecular weight is 484 g/mol. The number of carbonyl (C=O) groups excluding carboxylic acids is 2. The number of amides is 2. The monoisotopic (exact) mass is 483 g/mol. The standard InChI is InChI=1S/C25H23Cl2N3O3/c1-28-23-18-7-3-5-9-21(18)30(13-12-22(23)31)25(33)17-11-10-15(14-20(17)27)29-24(32)16-6-2-4-8-19(16)26/h2-11,14,22-23,28,31H,12-13H2,1H3,(H,29,32). The van der Waals surface area contributed by atoms with Gasteiger partial charge in [0.2, 0.25) is 0 Å². The van der Waals surface area contributed by atoms with Gasteiger partial charge in [-0.2, -0.15) is 0 Å². The second-order valence-electron chi connectivity index (χ2n) is 7.77. The number of likely N-dealkylation sites (N-methyl/N-ethyl adjacent to an activating group) is 1. The molecule has 2 amide bonds. The molecule has 0 fully saturated rings. The van der Waals surface area contributed by atoms with Gasteiger partial charge in [-0.15, -0.1) is 0 Å². The molecular formula is C25H23Cl2N3O3. The number of rotatable bonds is 4. The van der Waals surface area contributed by atoms with Gasteiger partial charge in [0.05, 0.1) is 33.3 Å². The van der Waals surface area contributed by atoms with Gasteiger partial charge in [-0.3, -0.25) is 9.59 Å². The van der Waals surface area contributed by atoms with E-state index in [0.29, 0.717) is 34.8 Å². The summed E-state index contributed by atoms with van der Waals surface area (Å²) in [7, 11) is 1.79. The molecule has 33 heavy (non-hydrogen) atoms. The number of aliphatic hydroxyl groups excluding tert-OH is 1. The predicted molar refractivity (Wildman–Crippen MR) is 131 cm³/mol. The summed E-state index contributed by atoms with van der Waals surface area (Å²) in [5.74, 6) is -0.648. The molecule has 0 saturated heterocycles. The van der Waals surface area contributed by atoms with Crippen molar-refractivity contribution in [2.24, 2.45) is 0 Å². The van der Waals surface area contributed by atoms with E-state index >= 15 is 0 Å². The van der Waals surface area contributed by atoms with Gasteiger partial charge >= 0.3 is 0 Å². The second-order valence-corrected chi connectivity index (χ2v) is 8.58. The topological polar surface area (TPSA) is 81.7 Å². The molecule has 3 N–H and O–H groups in total. The number of carbonyl (C=O) groups is 2. The summed E-state index contributed by atoms with van der Waals surface area (Å²) in [6.45, 7) is 0.344. The van der Waals surface area contributed by atoms with Gasteiger partial charge in [0.25, 0.3) is 11.8 Å². The quantitative estimate of drug-likeness (QED) is 0.491. The van der Waals surface area contributed by atoms with Gasteiger partial charge in [0.15, 0.2) is 0 Å². The van der Waals surface area contributed by atoms with Crippen LogP contribution in [0.15, 0.2) is 66.7 Å². The molecule has 170 valence electrons. The van der Waals surface area contributed by atoms with E-state index in [1.54, 1.807) is 54.4 Å². The number of aliphatic hydroxyl groups is 1. The highest BCUT2D eigenvalue weighted by Gasteiger charge is 2.31. The van der Waals surface area contributed by atoms with Crippen LogP contribution in [-0.2, 0) is 0 Å². The van der Waals surface area contributed by atoms with E-state index in [9.17, 15) is 14.7 Å². The Morgan fingerprint density at radius 1 is 0.970 bits per heavy atom. The molecule has 8 heteroatoms. The Hall–Kier alpha value is -2.90. The molecule has 3 aromatic rings. The Morgan fingerprint density at radius 3 is 2.42 bits per heavy atom. The lowest BCUT2D eigenvalue weighted by molar-refractivity contribution is 0.0976. The van der Waals surface area contributed by atoms with Crippen LogP contribution in [0.5, 0.6) is 0 Å². The van der Waals surface area contributed by atoms with Crippen molar-refractivity contribution in [3.8, 4) is 0 Å². The number of fused-ring (bicyclic) bond motifs is 1. The van der Waals surface area contributed by atoms with E-state index in [1.807, 2.05) is 24.3 Å². The Kier molecular flexibility index (Phi) is 7.00. The molecule has 1 heterocycles. The molecule has 1 aliphatic rings. The first kappa shape index (κ1) is 23.3. The summed E-state index contributed by atoms with van der Waals surface area (Å²) in [4.78, 5) is 27.6. The van der Waals surface area contributed by atoms with E-state index in [-0.39, 0.29) is 22.9 Å². The Balaban J connectivity index is 1.60. The maximum Gasteiger partial charge on any atom is 0.259 e. The van der Waals surface area contributed by atoms with Crippen LogP contribution in [0.4, 0.5) is 11.4 Å². The third-order valence-corrected chi connectivity index (χ3v) is 6.37. The number of anilines is 2. The summed E-state index contributed by atoms with van der Waals surface area (Å²) in [5, 5.41) is 17.0. The minimum absolute atomic E-state index is 0.212. The van der Waals surface area contributed by atoms with Crippen LogP contribution in [0.1, 0.15) is 38.7 Å². The highest BCUT2D eigenvalue weighted by atomic mass is 35.5. The van der Waals surface area contributed by atoms with Gasteiger partial charge in [-0.05, 0) is 55.4 Å². The van der Waals surface area contributed by atoms with E-state index in [0.717, 1.165) is 11.3 Å². The maximum absolute atomic E-state index is 13.5. The minimum atomic E-state index is -0.633. The third-order valence-electron chi connectivity index (χ3n) is 5.73. The lowest BCUT2D eigenvalue weighted by Gasteiger charge is -2.24. The van der Waals surface area contributed by atoms with Crippen molar-refractivity contribution >= 4 is 46.4 Å². The molecule has 0 saturated carbocycles. The van der Waals surface area contributed by atoms with Gasteiger partial charge in [0, 0.05) is 17.9 Å². The van der Waals surface area contributed by atoms with Crippen LogP contribution in [0.3, 0.4) is 0 Å². The summed E-state index contributed by atoms with van der Waals surface area (Å²) >= 11 is 12.6. The normalized spacial score (nSPS) is 17.8. The van der Waals surface area contributed by atoms with Crippen LogP contribution in [0, 0.1) is 0 Å². The average Bonchev–Trinajstić information content (AvgIpc) is 2.94. The van der Waals surface area contributed by atoms with E-state index in [4.69, 9.17) is 23.2 Å². The van der Waals surface area contributed by atoms with Crippen LogP contribution in [0.2, 0.25) is 10.0 Å². The molecule has 4 rings (SSSR count). The molecule has 0 radical (unpaired) electrons. The molecule has 0 aliphatic carbocycles. The van der Waals surface area contributed by atoms with Crippen LogP contribution in [0.25, 0.3) is 0 Å². The van der Waals surface area contributed by atoms with E-state index < -0.39 is 6.10 Å². The highest BCUT2D eigenvalue weighted by Crippen LogP contribution is 2.35. The minimum Gasteiger partial charge on any atom is -0.391 e. The number of hydrogen-bond donors (Lipinski definition) is 3. The van der Waals surface area contributed by atoms with E-state index in [2.05, 4.69) is 10.6 Å². The molecule has 0 spiro atoms. The number of nitrogens with one attached hydrogen (secondary N) is 2. The summed E-state index contributed by atoms with van der Waals surface area (Å²) in [5.41, 5.74) is 2.67. The zero-order valence-corrected chi connectivity index (χ0v) is 19.4. The van der Waals surface area contributed by atoms with Gasteiger partial charge in [-0.25, -0.2) is 0 Å². The van der Waals surface area contributed by atoms with Crippen molar-refractivity contribution in [2.75, 3.05) is 23.8 Å². The Labute approximate surface area is 202 Å². The summed E-state index contributed by atoms with van der Waals surface area (Å²) in [6.07, 6.45) is -0.220.